The van der Waals surface area contributed by atoms with Crippen molar-refractivity contribution in [3.63, 3.8) is 0 Å². The highest BCUT2D eigenvalue weighted by Gasteiger charge is 2.13. The zero-order valence-electron chi connectivity index (χ0n) is 14.8. The van der Waals surface area contributed by atoms with Crippen LogP contribution in [-0.4, -0.2) is 32.1 Å². The van der Waals surface area contributed by atoms with Gasteiger partial charge in [-0.05, 0) is 25.1 Å². The highest BCUT2D eigenvalue weighted by Crippen LogP contribution is 2.37. The van der Waals surface area contributed by atoms with E-state index in [1.54, 1.807) is 18.5 Å². The lowest BCUT2D eigenvalue weighted by atomic mass is 10.3. The minimum atomic E-state index is 0.154. The van der Waals surface area contributed by atoms with Gasteiger partial charge in [-0.25, -0.2) is 9.97 Å². The van der Waals surface area contributed by atoms with Gasteiger partial charge in [0, 0.05) is 17.5 Å². The van der Waals surface area contributed by atoms with Crippen molar-refractivity contribution >= 4 is 57.7 Å². The molecule has 1 aromatic carbocycles. The number of hydrogen-bond donors (Lipinski definition) is 3. The third kappa shape index (κ3) is 4.97. The molecule has 3 rings (SSSR count). The fourth-order valence-electron chi connectivity index (χ4n) is 2.50. The van der Waals surface area contributed by atoms with E-state index in [9.17, 15) is 0 Å². The molecule has 0 unspecified atom stereocenters. The van der Waals surface area contributed by atoms with E-state index in [0.29, 0.717) is 37.4 Å². The molecule has 3 aromatic rings. The van der Waals surface area contributed by atoms with E-state index in [4.69, 9.17) is 40.2 Å². The number of halogens is 3. The third-order valence-corrected chi connectivity index (χ3v) is 5.90. The van der Waals surface area contributed by atoms with Crippen molar-refractivity contribution in [3.8, 4) is 0 Å². The highest BCUT2D eigenvalue weighted by molar-refractivity contribution is 7.99. The Balaban J connectivity index is 1.86. The summed E-state index contributed by atoms with van der Waals surface area (Å²) >= 11 is 19.7. The number of aromatic amines is 1. The molecule has 2 heterocycles. The first-order chi connectivity index (χ1) is 12.8. The Morgan fingerprint density at radius 3 is 2.70 bits per heavy atom. The molecule has 0 aliphatic rings. The van der Waals surface area contributed by atoms with Crippen LogP contribution in [0.2, 0.25) is 15.1 Å². The summed E-state index contributed by atoms with van der Waals surface area (Å²) in [5.74, 6) is 0. The number of nitrogens with one attached hydrogen (secondary N) is 3. The third-order valence-electron chi connectivity index (χ3n) is 3.81. The first-order valence-electron chi connectivity index (χ1n) is 8.40. The summed E-state index contributed by atoms with van der Waals surface area (Å²) in [6.45, 7) is 5.89. The molecule has 0 fully saturated rings. The molecule has 0 radical (unpaired) electrons. The molecule has 0 aliphatic heterocycles. The first kappa shape index (κ1) is 20.5. The van der Waals surface area contributed by atoms with Crippen molar-refractivity contribution in [2.24, 2.45) is 0 Å². The zero-order chi connectivity index (χ0) is 19.6. The summed E-state index contributed by atoms with van der Waals surface area (Å²) in [4.78, 5) is 12.7. The van der Waals surface area contributed by atoms with Gasteiger partial charge in [0.05, 0.1) is 21.4 Å². The smallest absolute Gasteiger partial charge is 0.173 e. The van der Waals surface area contributed by atoms with Gasteiger partial charge in [0.25, 0.3) is 0 Å². The van der Waals surface area contributed by atoms with Crippen LogP contribution in [0.1, 0.15) is 20.3 Å². The number of nitrogens with zero attached hydrogens (tertiary/aromatic N) is 3. The van der Waals surface area contributed by atoms with Crippen LogP contribution in [0.5, 0.6) is 0 Å². The largest absolute Gasteiger partial charge is 0.328 e. The predicted octanol–water partition coefficient (Wildman–Crippen LogP) is 4.74. The number of imidazole rings is 1. The lowest BCUT2D eigenvalue weighted by molar-refractivity contribution is 0.536. The molecule has 10 heteroatoms. The van der Waals surface area contributed by atoms with Gasteiger partial charge < -0.3 is 14.9 Å². The second kappa shape index (κ2) is 8.84. The Bertz CT molecular complexity index is 1010. The van der Waals surface area contributed by atoms with Gasteiger partial charge in [-0.1, -0.05) is 60.4 Å². The SMILES string of the molecule is CC(C)NCCCn1cnc(=N)c2[nH]c(Sc3cc(Cl)c(Cl)cc3Cl)nc21. The number of hydrogen-bond acceptors (Lipinski definition) is 5. The Morgan fingerprint density at radius 1 is 1.22 bits per heavy atom. The van der Waals surface area contributed by atoms with Crippen molar-refractivity contribution < 1.29 is 0 Å². The summed E-state index contributed by atoms with van der Waals surface area (Å²) in [6.07, 6.45) is 2.59. The van der Waals surface area contributed by atoms with Gasteiger partial charge in [0.1, 0.15) is 5.52 Å². The molecular weight excluding hydrogens is 427 g/mol. The second-order valence-electron chi connectivity index (χ2n) is 6.29. The average molecular weight is 446 g/mol. The minimum Gasteiger partial charge on any atom is -0.328 e. The fraction of sp³-hybridized carbons (Fsp3) is 0.353. The maximum absolute atomic E-state index is 8.05. The number of H-pyrrole nitrogens is 1. The normalized spacial score (nSPS) is 11.6. The van der Waals surface area contributed by atoms with Crippen molar-refractivity contribution in [2.75, 3.05) is 6.54 Å². The summed E-state index contributed by atoms with van der Waals surface area (Å²) in [5.41, 5.74) is 1.44. The zero-order valence-corrected chi connectivity index (χ0v) is 17.9. The van der Waals surface area contributed by atoms with Crippen LogP contribution in [0.25, 0.3) is 11.2 Å². The van der Waals surface area contributed by atoms with Crippen LogP contribution in [0.4, 0.5) is 0 Å². The van der Waals surface area contributed by atoms with Crippen LogP contribution < -0.4 is 10.8 Å². The number of fused-ring (bicyclic) bond motifs is 1. The molecule has 144 valence electrons. The first-order valence-corrected chi connectivity index (χ1v) is 10.4. The van der Waals surface area contributed by atoms with E-state index in [2.05, 4.69) is 34.1 Å². The van der Waals surface area contributed by atoms with Gasteiger partial charge >= 0.3 is 0 Å². The van der Waals surface area contributed by atoms with Crippen molar-refractivity contribution in [3.05, 3.63) is 39.0 Å². The van der Waals surface area contributed by atoms with Crippen molar-refractivity contribution in [1.29, 1.82) is 5.41 Å². The van der Waals surface area contributed by atoms with Gasteiger partial charge in [0.2, 0.25) is 0 Å². The molecule has 0 atom stereocenters. The molecule has 0 bridgehead atoms. The molecule has 0 spiro atoms. The quantitative estimate of drug-likeness (QED) is 0.362. The standard InChI is InChI=1S/C17H19Cl3N6S/c1-9(2)22-4-3-5-26-8-23-15(21)14-16(26)25-17(24-14)27-13-7-11(19)10(18)6-12(13)20/h6-9,21-22H,3-5H2,1-2H3,(H,24,25). The molecular formula is C17H19Cl3N6S. The minimum absolute atomic E-state index is 0.154. The van der Waals surface area contributed by atoms with Crippen molar-refractivity contribution in [2.45, 2.75) is 42.9 Å². The van der Waals surface area contributed by atoms with Gasteiger partial charge in [-0.2, -0.15) is 0 Å². The summed E-state index contributed by atoms with van der Waals surface area (Å²) in [6, 6.07) is 3.76. The number of benzene rings is 1. The topological polar surface area (TPSA) is 82.4 Å². The van der Waals surface area contributed by atoms with E-state index in [0.717, 1.165) is 24.4 Å². The van der Waals surface area contributed by atoms with Crippen LogP contribution in [0.3, 0.4) is 0 Å². The molecule has 0 saturated heterocycles. The second-order valence-corrected chi connectivity index (χ2v) is 8.54. The van der Waals surface area contributed by atoms with Crippen molar-refractivity contribution in [1.82, 2.24) is 24.8 Å². The van der Waals surface area contributed by atoms with Crippen LogP contribution in [0, 0.1) is 5.41 Å². The average Bonchev–Trinajstić information content (AvgIpc) is 3.03. The lowest BCUT2D eigenvalue weighted by Gasteiger charge is -2.09. The highest BCUT2D eigenvalue weighted by atomic mass is 35.5. The summed E-state index contributed by atoms with van der Waals surface area (Å²) in [7, 11) is 0. The molecule has 0 saturated carbocycles. The Kier molecular flexibility index (Phi) is 6.70. The van der Waals surface area contributed by atoms with E-state index >= 15 is 0 Å². The van der Waals surface area contributed by atoms with Crippen LogP contribution in [-0.2, 0) is 6.54 Å². The van der Waals surface area contributed by atoms with Crippen LogP contribution >= 0.6 is 46.6 Å². The van der Waals surface area contributed by atoms with E-state index in [1.165, 1.54) is 11.8 Å². The number of aromatic nitrogens is 4. The monoisotopic (exact) mass is 444 g/mol. The summed E-state index contributed by atoms with van der Waals surface area (Å²) in [5, 5.41) is 13.4. The van der Waals surface area contributed by atoms with Gasteiger partial charge in [-0.15, -0.1) is 0 Å². The Labute approximate surface area is 176 Å². The lowest BCUT2D eigenvalue weighted by Crippen LogP contribution is -2.24. The van der Waals surface area contributed by atoms with E-state index in [1.807, 2.05) is 4.57 Å². The molecule has 27 heavy (non-hydrogen) atoms. The van der Waals surface area contributed by atoms with Gasteiger partial charge in [0.15, 0.2) is 16.3 Å². The maximum atomic E-state index is 8.05. The fourth-order valence-corrected chi connectivity index (χ4v) is 4.06. The molecule has 0 amide bonds. The van der Waals surface area contributed by atoms with Gasteiger partial charge in [-0.3, -0.25) is 5.41 Å². The van der Waals surface area contributed by atoms with Crippen LogP contribution in [0.15, 0.2) is 28.5 Å². The molecule has 0 aliphatic carbocycles. The van der Waals surface area contributed by atoms with E-state index < -0.39 is 0 Å². The number of aryl methyl sites for hydroxylation is 1. The molecule has 6 nitrogen and oxygen atoms in total. The predicted molar refractivity (Wildman–Crippen MR) is 111 cm³/mol. The molecule has 3 N–H and O–H groups in total. The Hall–Kier alpha value is -1.25. The maximum Gasteiger partial charge on any atom is 0.173 e. The van der Waals surface area contributed by atoms with E-state index in [-0.39, 0.29) is 5.49 Å². The molecule has 2 aromatic heterocycles. The summed E-state index contributed by atoms with van der Waals surface area (Å²) < 4.78 is 1.95. The number of rotatable bonds is 7. The Morgan fingerprint density at radius 2 is 1.96 bits per heavy atom.